The summed E-state index contributed by atoms with van der Waals surface area (Å²) in [6.45, 7) is 0. The highest BCUT2D eigenvalue weighted by atomic mass is 16.5. The Hall–Kier alpha value is -4.00. The number of anilines is 1. The standard InChI is InChI=1S/C21H16N4O3/c1-27-18-11-5-3-9-16(18)19-24-21(28-25-19)15-8-2-4-10-17(15)23-20(26)14-7-6-12-22-13-14/h2-13H,1H3,(H,23,26). The molecule has 4 rings (SSSR count). The van der Waals surface area contributed by atoms with Gasteiger partial charge in [0.05, 0.1) is 29.5 Å². The number of hydrogen-bond acceptors (Lipinski definition) is 6. The molecule has 0 aliphatic rings. The van der Waals surface area contributed by atoms with Gasteiger partial charge in [-0.25, -0.2) is 0 Å². The number of ether oxygens (including phenoxy) is 1. The van der Waals surface area contributed by atoms with Crippen LogP contribution in [0, 0.1) is 0 Å². The van der Waals surface area contributed by atoms with Crippen molar-refractivity contribution in [3.05, 3.63) is 78.6 Å². The van der Waals surface area contributed by atoms with Crippen molar-refractivity contribution in [2.24, 2.45) is 0 Å². The average molecular weight is 372 g/mol. The number of aromatic nitrogens is 3. The van der Waals surface area contributed by atoms with Crippen molar-refractivity contribution in [2.45, 2.75) is 0 Å². The molecule has 2 aromatic heterocycles. The third-order valence-electron chi connectivity index (χ3n) is 4.10. The molecule has 0 unspecified atom stereocenters. The third kappa shape index (κ3) is 3.45. The van der Waals surface area contributed by atoms with Gasteiger partial charge in [-0.2, -0.15) is 4.98 Å². The molecule has 0 aliphatic carbocycles. The highest BCUT2D eigenvalue weighted by molar-refractivity contribution is 6.05. The van der Waals surface area contributed by atoms with Crippen molar-refractivity contribution in [2.75, 3.05) is 12.4 Å². The highest BCUT2D eigenvalue weighted by Crippen LogP contribution is 2.31. The summed E-state index contributed by atoms with van der Waals surface area (Å²) in [5, 5.41) is 6.93. The van der Waals surface area contributed by atoms with E-state index >= 15 is 0 Å². The average Bonchev–Trinajstić information content (AvgIpc) is 3.24. The SMILES string of the molecule is COc1ccccc1-c1noc(-c2ccccc2NC(=O)c2cccnc2)n1. The summed E-state index contributed by atoms with van der Waals surface area (Å²) in [4.78, 5) is 20.9. The first-order valence-corrected chi connectivity index (χ1v) is 8.54. The molecule has 4 aromatic rings. The van der Waals surface area contributed by atoms with Gasteiger partial charge in [0.25, 0.3) is 11.8 Å². The van der Waals surface area contributed by atoms with Gasteiger partial charge in [0.1, 0.15) is 5.75 Å². The molecule has 7 heteroatoms. The summed E-state index contributed by atoms with van der Waals surface area (Å²) >= 11 is 0. The minimum absolute atomic E-state index is 0.273. The molecule has 1 N–H and O–H groups in total. The predicted molar refractivity (Wildman–Crippen MR) is 104 cm³/mol. The second-order valence-electron chi connectivity index (χ2n) is 5.86. The van der Waals surface area contributed by atoms with Crippen LogP contribution in [0.3, 0.4) is 0 Å². The lowest BCUT2D eigenvalue weighted by Crippen LogP contribution is -2.12. The van der Waals surface area contributed by atoms with Crippen molar-refractivity contribution in [1.82, 2.24) is 15.1 Å². The smallest absolute Gasteiger partial charge is 0.260 e. The maximum Gasteiger partial charge on any atom is 0.260 e. The van der Waals surface area contributed by atoms with Crippen LogP contribution in [0.1, 0.15) is 10.4 Å². The van der Waals surface area contributed by atoms with Crippen LogP contribution in [0.25, 0.3) is 22.8 Å². The van der Waals surface area contributed by atoms with Crippen molar-refractivity contribution in [3.8, 4) is 28.6 Å². The van der Waals surface area contributed by atoms with Gasteiger partial charge in [-0.1, -0.05) is 29.4 Å². The Morgan fingerprint density at radius 1 is 1.00 bits per heavy atom. The molecule has 0 bridgehead atoms. The zero-order valence-corrected chi connectivity index (χ0v) is 15.0. The van der Waals surface area contributed by atoms with E-state index in [-0.39, 0.29) is 5.91 Å². The lowest BCUT2D eigenvalue weighted by molar-refractivity contribution is 0.102. The van der Waals surface area contributed by atoms with Crippen LogP contribution in [0.5, 0.6) is 5.75 Å². The summed E-state index contributed by atoms with van der Waals surface area (Å²) in [6, 6.07) is 18.0. The molecule has 0 radical (unpaired) electrons. The van der Waals surface area contributed by atoms with Gasteiger partial charge in [0.2, 0.25) is 5.82 Å². The van der Waals surface area contributed by atoms with E-state index in [1.807, 2.05) is 36.4 Å². The molecule has 0 atom stereocenters. The molecule has 2 heterocycles. The largest absolute Gasteiger partial charge is 0.496 e. The highest BCUT2D eigenvalue weighted by Gasteiger charge is 2.17. The van der Waals surface area contributed by atoms with Crippen molar-refractivity contribution in [3.63, 3.8) is 0 Å². The Bertz CT molecular complexity index is 1110. The summed E-state index contributed by atoms with van der Waals surface area (Å²) in [5.41, 5.74) is 2.36. The molecule has 28 heavy (non-hydrogen) atoms. The predicted octanol–water partition coefficient (Wildman–Crippen LogP) is 4.06. The van der Waals surface area contributed by atoms with Crippen molar-refractivity contribution >= 4 is 11.6 Å². The number of methoxy groups -OCH3 is 1. The Balaban J connectivity index is 1.66. The van der Waals surface area contributed by atoms with Crippen molar-refractivity contribution in [1.29, 1.82) is 0 Å². The van der Waals surface area contributed by atoms with Crippen molar-refractivity contribution < 1.29 is 14.1 Å². The van der Waals surface area contributed by atoms with Crippen LogP contribution in [-0.2, 0) is 0 Å². The second kappa shape index (κ2) is 7.71. The monoisotopic (exact) mass is 372 g/mol. The van der Waals surface area contributed by atoms with E-state index < -0.39 is 0 Å². The first kappa shape index (κ1) is 17.4. The van der Waals surface area contributed by atoms with E-state index in [1.165, 1.54) is 6.20 Å². The summed E-state index contributed by atoms with van der Waals surface area (Å²) < 4.78 is 10.8. The molecule has 0 saturated carbocycles. The fraction of sp³-hybridized carbons (Fsp3) is 0.0476. The quantitative estimate of drug-likeness (QED) is 0.568. The van der Waals surface area contributed by atoms with Gasteiger partial charge in [-0.3, -0.25) is 9.78 Å². The Morgan fingerprint density at radius 2 is 1.79 bits per heavy atom. The zero-order valence-electron chi connectivity index (χ0n) is 15.0. The van der Waals surface area contributed by atoms with E-state index in [4.69, 9.17) is 9.26 Å². The van der Waals surface area contributed by atoms with E-state index in [0.717, 1.165) is 5.56 Å². The van der Waals surface area contributed by atoms with Crippen LogP contribution < -0.4 is 10.1 Å². The van der Waals surface area contributed by atoms with Crippen LogP contribution >= 0.6 is 0 Å². The minimum atomic E-state index is -0.273. The van der Waals surface area contributed by atoms with Gasteiger partial charge in [-0.05, 0) is 36.4 Å². The van der Waals surface area contributed by atoms with E-state index in [1.54, 1.807) is 37.6 Å². The van der Waals surface area contributed by atoms with Gasteiger partial charge in [0.15, 0.2) is 0 Å². The number of amides is 1. The molecule has 0 aliphatic heterocycles. The molecule has 0 saturated heterocycles. The molecule has 2 aromatic carbocycles. The fourth-order valence-electron chi connectivity index (χ4n) is 2.74. The normalized spacial score (nSPS) is 10.5. The van der Waals surface area contributed by atoms with Crippen LogP contribution in [0.2, 0.25) is 0 Å². The maximum atomic E-state index is 12.5. The number of para-hydroxylation sites is 2. The fourth-order valence-corrected chi connectivity index (χ4v) is 2.74. The number of carbonyl (C=O) groups is 1. The van der Waals surface area contributed by atoms with Crippen LogP contribution in [0.4, 0.5) is 5.69 Å². The third-order valence-corrected chi connectivity index (χ3v) is 4.10. The number of benzene rings is 2. The molecular weight excluding hydrogens is 356 g/mol. The number of rotatable bonds is 5. The summed E-state index contributed by atoms with van der Waals surface area (Å²) in [7, 11) is 1.59. The molecule has 138 valence electrons. The molecule has 0 spiro atoms. The van der Waals surface area contributed by atoms with E-state index in [9.17, 15) is 4.79 Å². The maximum absolute atomic E-state index is 12.5. The first-order chi connectivity index (χ1) is 13.8. The zero-order chi connectivity index (χ0) is 19.3. The van der Waals surface area contributed by atoms with Gasteiger partial charge in [0, 0.05) is 12.4 Å². The number of pyridine rings is 1. The Morgan fingerprint density at radius 3 is 2.57 bits per heavy atom. The number of nitrogens with zero attached hydrogens (tertiary/aromatic N) is 3. The molecule has 7 nitrogen and oxygen atoms in total. The second-order valence-corrected chi connectivity index (χ2v) is 5.86. The van der Waals surface area contributed by atoms with Crippen LogP contribution in [-0.4, -0.2) is 28.1 Å². The lowest BCUT2D eigenvalue weighted by Gasteiger charge is -2.08. The minimum Gasteiger partial charge on any atom is -0.496 e. The number of nitrogens with one attached hydrogen (secondary N) is 1. The topological polar surface area (TPSA) is 90.1 Å². The van der Waals surface area contributed by atoms with E-state index in [2.05, 4.69) is 20.4 Å². The molecule has 1 amide bonds. The molecular formula is C21H16N4O3. The number of hydrogen-bond donors (Lipinski definition) is 1. The van der Waals surface area contributed by atoms with Gasteiger partial charge >= 0.3 is 0 Å². The number of carbonyl (C=O) groups excluding carboxylic acids is 1. The summed E-state index contributed by atoms with van der Waals surface area (Å²) in [5.74, 6) is 1.07. The molecule has 0 fully saturated rings. The van der Waals surface area contributed by atoms with Gasteiger partial charge in [-0.15, -0.1) is 0 Å². The Labute approximate surface area is 161 Å². The van der Waals surface area contributed by atoms with Crippen LogP contribution in [0.15, 0.2) is 77.6 Å². The summed E-state index contributed by atoms with van der Waals surface area (Å²) in [6.07, 6.45) is 3.12. The van der Waals surface area contributed by atoms with E-state index in [0.29, 0.717) is 34.3 Å². The Kier molecular flexibility index (Phi) is 4.79. The first-order valence-electron chi connectivity index (χ1n) is 8.54. The lowest BCUT2D eigenvalue weighted by atomic mass is 10.1. The van der Waals surface area contributed by atoms with Gasteiger partial charge < -0.3 is 14.6 Å².